The number of anilines is 1. The highest BCUT2D eigenvalue weighted by Crippen LogP contribution is 2.32. The molecule has 2 rings (SSSR count). The minimum Gasteiger partial charge on any atom is -0.384 e. The van der Waals surface area contributed by atoms with Crippen LogP contribution in [0.2, 0.25) is 0 Å². The normalized spacial score (nSPS) is 19.9. The van der Waals surface area contributed by atoms with E-state index in [0.717, 1.165) is 28.6 Å². The second-order valence-electron chi connectivity index (χ2n) is 2.86. The van der Waals surface area contributed by atoms with Crippen molar-refractivity contribution in [3.63, 3.8) is 0 Å². The van der Waals surface area contributed by atoms with Crippen molar-refractivity contribution in [1.29, 1.82) is 0 Å². The summed E-state index contributed by atoms with van der Waals surface area (Å²) in [5.74, 6) is 0.0353. The van der Waals surface area contributed by atoms with Crippen LogP contribution in [0.5, 0.6) is 0 Å². The third kappa shape index (κ3) is 1.14. The number of hydrogen-bond donors (Lipinski definition) is 1. The van der Waals surface area contributed by atoms with E-state index in [4.69, 9.17) is 0 Å². The second-order valence-corrected chi connectivity index (χ2v) is 3.77. The lowest BCUT2D eigenvalue weighted by Gasteiger charge is -2.00. The van der Waals surface area contributed by atoms with E-state index in [1.807, 2.05) is 18.2 Å². The minimum atomic E-state index is 0.0353. The highest BCUT2D eigenvalue weighted by atomic mass is 79.9. The molecule has 0 spiro atoms. The predicted molar refractivity (Wildman–Crippen MR) is 51.4 cm³/mol. The molecule has 2 nitrogen and oxygen atoms in total. The molecule has 1 atom stereocenters. The average molecular weight is 226 g/mol. The third-order valence-electron chi connectivity index (χ3n) is 2.09. The van der Waals surface area contributed by atoms with Gasteiger partial charge in [-0.15, -0.1) is 0 Å². The molecule has 1 N–H and O–H groups in total. The molecule has 1 aromatic carbocycles. The molecule has 0 amide bonds. The smallest absolute Gasteiger partial charge is 0.129 e. The van der Waals surface area contributed by atoms with Gasteiger partial charge in [-0.3, -0.25) is 0 Å². The van der Waals surface area contributed by atoms with Crippen LogP contribution in [0.3, 0.4) is 0 Å². The Kier molecular flexibility index (Phi) is 1.89. The van der Waals surface area contributed by atoms with Gasteiger partial charge in [0.05, 0.1) is 5.92 Å². The van der Waals surface area contributed by atoms with Crippen molar-refractivity contribution in [2.75, 3.05) is 11.9 Å². The molecule has 1 aliphatic heterocycles. The number of carbonyl (C=O) groups excluding carboxylic acids is 1. The Hall–Kier alpha value is -0.830. The van der Waals surface area contributed by atoms with Crippen LogP contribution in [0.25, 0.3) is 0 Å². The zero-order valence-electron chi connectivity index (χ0n) is 6.38. The van der Waals surface area contributed by atoms with Crippen LogP contribution in [-0.2, 0) is 4.79 Å². The average Bonchev–Trinajstić information content (AvgIpc) is 2.46. The molecule has 3 heteroatoms. The molecule has 0 aliphatic carbocycles. The number of nitrogens with one attached hydrogen (secondary N) is 1. The lowest BCUT2D eigenvalue weighted by Crippen LogP contribution is -2.01. The highest BCUT2D eigenvalue weighted by molar-refractivity contribution is 9.10. The number of fused-ring (bicyclic) bond motifs is 1. The lowest BCUT2D eigenvalue weighted by atomic mass is 10.0. The molecular weight excluding hydrogens is 218 g/mol. The van der Waals surface area contributed by atoms with Crippen LogP contribution in [0, 0.1) is 0 Å². The van der Waals surface area contributed by atoms with Crippen molar-refractivity contribution in [3.05, 3.63) is 28.2 Å². The summed E-state index contributed by atoms with van der Waals surface area (Å²) < 4.78 is 1.04. The van der Waals surface area contributed by atoms with Gasteiger partial charge in [0.2, 0.25) is 0 Å². The van der Waals surface area contributed by atoms with E-state index < -0.39 is 0 Å². The molecular formula is C9H8BrNO. The van der Waals surface area contributed by atoms with E-state index in [1.54, 1.807) is 0 Å². The Morgan fingerprint density at radius 3 is 3.17 bits per heavy atom. The van der Waals surface area contributed by atoms with Gasteiger partial charge in [-0.2, -0.15) is 0 Å². The summed E-state index contributed by atoms with van der Waals surface area (Å²) in [6.45, 7) is 0.731. The lowest BCUT2D eigenvalue weighted by molar-refractivity contribution is -0.108. The summed E-state index contributed by atoms with van der Waals surface area (Å²) in [6, 6.07) is 5.94. The minimum absolute atomic E-state index is 0.0353. The molecule has 12 heavy (non-hydrogen) atoms. The molecule has 1 aromatic rings. The van der Waals surface area contributed by atoms with Gasteiger partial charge in [-0.1, -0.05) is 22.0 Å². The first-order valence-electron chi connectivity index (χ1n) is 3.80. The first kappa shape index (κ1) is 7.80. The maximum Gasteiger partial charge on any atom is 0.129 e. The van der Waals surface area contributed by atoms with Crippen LogP contribution in [-0.4, -0.2) is 12.8 Å². The number of benzene rings is 1. The Morgan fingerprint density at radius 2 is 2.42 bits per heavy atom. The number of hydrogen-bond acceptors (Lipinski definition) is 2. The van der Waals surface area contributed by atoms with Gasteiger partial charge >= 0.3 is 0 Å². The number of halogens is 1. The van der Waals surface area contributed by atoms with Crippen molar-refractivity contribution in [3.8, 4) is 0 Å². The van der Waals surface area contributed by atoms with Gasteiger partial charge in [0, 0.05) is 16.7 Å². The quantitative estimate of drug-likeness (QED) is 0.743. The van der Waals surface area contributed by atoms with Crippen LogP contribution >= 0.6 is 15.9 Å². The molecule has 0 saturated heterocycles. The maximum absolute atomic E-state index is 10.6. The molecule has 0 bridgehead atoms. The predicted octanol–water partition coefficient (Wildman–Crippen LogP) is 2.16. The van der Waals surface area contributed by atoms with E-state index in [-0.39, 0.29) is 5.92 Å². The summed E-state index contributed by atoms with van der Waals surface area (Å²) in [6.07, 6.45) is 0.993. The molecule has 1 unspecified atom stereocenters. The molecule has 0 saturated carbocycles. The fourth-order valence-corrected chi connectivity index (χ4v) is 1.82. The summed E-state index contributed by atoms with van der Waals surface area (Å²) in [5, 5.41) is 3.18. The van der Waals surface area contributed by atoms with Crippen molar-refractivity contribution < 1.29 is 4.79 Å². The number of aldehydes is 1. The molecule has 0 fully saturated rings. The zero-order chi connectivity index (χ0) is 8.55. The first-order chi connectivity index (χ1) is 5.81. The van der Waals surface area contributed by atoms with E-state index in [0.29, 0.717) is 0 Å². The summed E-state index contributed by atoms with van der Waals surface area (Å²) in [5.41, 5.74) is 2.18. The van der Waals surface area contributed by atoms with Gasteiger partial charge in [-0.25, -0.2) is 0 Å². The van der Waals surface area contributed by atoms with E-state index >= 15 is 0 Å². The molecule has 1 aliphatic rings. The van der Waals surface area contributed by atoms with Gasteiger partial charge in [0.1, 0.15) is 6.29 Å². The van der Waals surface area contributed by atoms with Crippen molar-refractivity contribution >= 4 is 27.9 Å². The van der Waals surface area contributed by atoms with E-state index in [2.05, 4.69) is 21.2 Å². The second kappa shape index (κ2) is 2.90. The summed E-state index contributed by atoms with van der Waals surface area (Å²) in [4.78, 5) is 10.6. The van der Waals surface area contributed by atoms with Gasteiger partial charge < -0.3 is 10.1 Å². The SMILES string of the molecule is O=CC1CNc2cc(Br)ccc21. The molecule has 62 valence electrons. The van der Waals surface area contributed by atoms with Crippen LogP contribution in [0.4, 0.5) is 5.69 Å². The monoisotopic (exact) mass is 225 g/mol. The van der Waals surface area contributed by atoms with Crippen LogP contribution in [0.1, 0.15) is 11.5 Å². The Balaban J connectivity index is 2.47. The Bertz CT molecular complexity index is 324. The van der Waals surface area contributed by atoms with Crippen LogP contribution in [0.15, 0.2) is 22.7 Å². The fraction of sp³-hybridized carbons (Fsp3) is 0.222. The maximum atomic E-state index is 10.6. The van der Waals surface area contributed by atoms with Crippen molar-refractivity contribution in [2.45, 2.75) is 5.92 Å². The van der Waals surface area contributed by atoms with Gasteiger partial charge in [-0.05, 0) is 17.7 Å². The Labute approximate surface area is 79.1 Å². The fourth-order valence-electron chi connectivity index (χ4n) is 1.46. The van der Waals surface area contributed by atoms with Crippen molar-refractivity contribution in [2.24, 2.45) is 0 Å². The first-order valence-corrected chi connectivity index (χ1v) is 4.59. The third-order valence-corrected chi connectivity index (χ3v) is 2.58. The van der Waals surface area contributed by atoms with Gasteiger partial charge in [0.15, 0.2) is 0 Å². The Morgan fingerprint density at radius 1 is 1.58 bits per heavy atom. The highest BCUT2D eigenvalue weighted by Gasteiger charge is 2.20. The van der Waals surface area contributed by atoms with Crippen LogP contribution < -0.4 is 5.32 Å². The number of rotatable bonds is 1. The largest absolute Gasteiger partial charge is 0.384 e. The van der Waals surface area contributed by atoms with Gasteiger partial charge in [0.25, 0.3) is 0 Å². The van der Waals surface area contributed by atoms with E-state index in [9.17, 15) is 4.79 Å². The summed E-state index contributed by atoms with van der Waals surface area (Å²) in [7, 11) is 0. The van der Waals surface area contributed by atoms with E-state index in [1.165, 1.54) is 0 Å². The molecule has 1 heterocycles. The molecule has 0 radical (unpaired) electrons. The standard InChI is InChI=1S/C9H8BrNO/c10-7-1-2-8-6(5-12)4-11-9(8)3-7/h1-3,5-6,11H,4H2. The zero-order valence-corrected chi connectivity index (χ0v) is 7.97. The topological polar surface area (TPSA) is 29.1 Å². The number of carbonyl (C=O) groups is 1. The summed E-state index contributed by atoms with van der Waals surface area (Å²) >= 11 is 3.38. The molecule has 0 aromatic heterocycles. The van der Waals surface area contributed by atoms with Crippen molar-refractivity contribution in [1.82, 2.24) is 0 Å².